The third-order valence-corrected chi connectivity index (χ3v) is 4.52. The van der Waals surface area contributed by atoms with E-state index < -0.39 is 35.2 Å². The van der Waals surface area contributed by atoms with Gasteiger partial charge in [0.2, 0.25) is 0 Å². The van der Waals surface area contributed by atoms with Crippen LogP contribution in [0.25, 0.3) is 10.9 Å². The van der Waals surface area contributed by atoms with E-state index in [1.165, 1.54) is 6.07 Å². The van der Waals surface area contributed by atoms with Crippen molar-refractivity contribution in [2.75, 3.05) is 12.9 Å². The van der Waals surface area contributed by atoms with E-state index in [1.807, 2.05) is 0 Å². The number of rotatable bonds is 5. The number of halogens is 4. The topological polar surface area (TPSA) is 93.6 Å². The number of hydrogen-bond donors (Lipinski definition) is 1. The molecule has 0 aliphatic heterocycles. The van der Waals surface area contributed by atoms with Crippen molar-refractivity contribution in [1.29, 1.82) is 0 Å². The molecule has 0 spiro atoms. The van der Waals surface area contributed by atoms with E-state index in [0.717, 1.165) is 18.5 Å². The fraction of sp³-hybridized carbons (Fsp3) is 0.286. The van der Waals surface area contributed by atoms with E-state index in [0.29, 0.717) is 0 Å². The summed E-state index contributed by atoms with van der Waals surface area (Å²) in [5.41, 5.74) is -0.734. The predicted molar refractivity (Wildman–Crippen MR) is 82.5 cm³/mol. The zero-order valence-corrected chi connectivity index (χ0v) is 14.2. The largest absolute Gasteiger partial charge is 0.478 e. The Kier molecular flexibility index (Phi) is 5.26. The highest BCUT2D eigenvalue weighted by molar-refractivity contribution is 7.91. The zero-order chi connectivity index (χ0) is 19.0. The molecular formula is C14H11ClF3NO5S. The van der Waals surface area contributed by atoms with Gasteiger partial charge in [-0.05, 0) is 17.7 Å². The van der Waals surface area contributed by atoms with E-state index in [9.17, 15) is 31.5 Å². The van der Waals surface area contributed by atoms with Gasteiger partial charge in [0, 0.05) is 17.8 Å². The lowest BCUT2D eigenvalue weighted by molar-refractivity contribution is -0.176. The minimum atomic E-state index is -4.61. The van der Waals surface area contributed by atoms with Crippen molar-refractivity contribution < 1.29 is 36.2 Å². The number of aromatic nitrogens is 1. The highest BCUT2D eigenvalue weighted by Crippen LogP contribution is 2.31. The normalized spacial score (nSPS) is 12.5. The first kappa shape index (κ1) is 19.4. The Bertz CT molecular complexity index is 944. The Morgan fingerprint density at radius 1 is 1.36 bits per heavy atom. The average Bonchev–Trinajstić information content (AvgIpc) is 2.42. The van der Waals surface area contributed by atoms with Gasteiger partial charge in [0.25, 0.3) is 0 Å². The summed E-state index contributed by atoms with van der Waals surface area (Å²) in [6.07, 6.45) is -2.62. The van der Waals surface area contributed by atoms with Gasteiger partial charge in [-0.1, -0.05) is 11.6 Å². The molecule has 136 valence electrons. The maximum absolute atomic E-state index is 12.2. The number of alkyl halides is 3. The van der Waals surface area contributed by atoms with E-state index in [2.05, 4.69) is 9.72 Å². The number of nitrogens with zero attached hydrogens (tertiary/aromatic N) is 1. The summed E-state index contributed by atoms with van der Waals surface area (Å²) >= 11 is 5.80. The number of carboxylic acid groups (broad SMARTS) is 1. The average molecular weight is 398 g/mol. The van der Waals surface area contributed by atoms with Crippen LogP contribution in [-0.4, -0.2) is 43.5 Å². The maximum atomic E-state index is 12.2. The van der Waals surface area contributed by atoms with Crippen LogP contribution in [0.2, 0.25) is 5.02 Å². The monoisotopic (exact) mass is 397 g/mol. The number of hydrogen-bond acceptors (Lipinski definition) is 5. The van der Waals surface area contributed by atoms with E-state index in [-0.39, 0.29) is 31.9 Å². The third kappa shape index (κ3) is 4.59. The van der Waals surface area contributed by atoms with Gasteiger partial charge < -0.3 is 9.84 Å². The molecule has 1 heterocycles. The quantitative estimate of drug-likeness (QED) is 0.833. The standard InChI is InChI=1S/C14H11ClF3NO5S/c1-25(22,23)12-7(5-24-6-14(16,17)18)2-10(13(20)21)11-9(12)3-8(15)4-19-11/h2-4H,5-6H2,1H3,(H,20,21). The molecular weight excluding hydrogens is 387 g/mol. The van der Waals surface area contributed by atoms with Gasteiger partial charge in [0.05, 0.1) is 27.6 Å². The minimum absolute atomic E-state index is 0.0436. The van der Waals surface area contributed by atoms with Crippen LogP contribution in [0.15, 0.2) is 23.2 Å². The molecule has 0 unspecified atom stereocenters. The molecule has 0 saturated carbocycles. The highest BCUT2D eigenvalue weighted by Gasteiger charge is 2.29. The van der Waals surface area contributed by atoms with Crippen molar-refractivity contribution in [1.82, 2.24) is 4.98 Å². The molecule has 0 fully saturated rings. The van der Waals surface area contributed by atoms with Crippen LogP contribution in [0.1, 0.15) is 15.9 Å². The second-order valence-corrected chi connectivity index (χ2v) is 7.54. The molecule has 0 atom stereocenters. The van der Waals surface area contributed by atoms with E-state index in [1.54, 1.807) is 0 Å². The number of sulfone groups is 1. The molecule has 1 aromatic heterocycles. The summed E-state index contributed by atoms with van der Waals surface area (Å²) in [5.74, 6) is -1.42. The second-order valence-electron chi connectivity index (χ2n) is 5.15. The highest BCUT2D eigenvalue weighted by atomic mass is 35.5. The summed E-state index contributed by atoms with van der Waals surface area (Å²) in [6, 6.07) is 2.14. The lowest BCUT2D eigenvalue weighted by atomic mass is 10.1. The van der Waals surface area contributed by atoms with Crippen LogP contribution < -0.4 is 0 Å². The predicted octanol–water partition coefficient (Wildman–Crippen LogP) is 3.07. The molecule has 11 heteroatoms. The minimum Gasteiger partial charge on any atom is -0.478 e. The lowest BCUT2D eigenvalue weighted by Crippen LogP contribution is -2.18. The summed E-state index contributed by atoms with van der Waals surface area (Å²) in [7, 11) is -3.94. The van der Waals surface area contributed by atoms with Crippen molar-refractivity contribution in [3.05, 3.63) is 34.5 Å². The van der Waals surface area contributed by atoms with Crippen molar-refractivity contribution in [3.8, 4) is 0 Å². The number of carbonyl (C=O) groups is 1. The Morgan fingerprint density at radius 2 is 2.00 bits per heavy atom. The van der Waals surface area contributed by atoms with Crippen LogP contribution >= 0.6 is 11.6 Å². The first-order valence-corrected chi connectivity index (χ1v) is 8.86. The first-order chi connectivity index (χ1) is 11.4. The number of benzene rings is 1. The van der Waals surface area contributed by atoms with Crippen LogP contribution in [-0.2, 0) is 21.2 Å². The third-order valence-electron chi connectivity index (χ3n) is 3.09. The van der Waals surface area contributed by atoms with Gasteiger partial charge in [-0.2, -0.15) is 13.2 Å². The van der Waals surface area contributed by atoms with E-state index >= 15 is 0 Å². The number of pyridine rings is 1. The zero-order valence-electron chi connectivity index (χ0n) is 12.6. The fourth-order valence-electron chi connectivity index (χ4n) is 2.29. The number of ether oxygens (including phenoxy) is 1. The number of aromatic carboxylic acids is 1. The maximum Gasteiger partial charge on any atom is 0.411 e. The Balaban J connectivity index is 2.72. The van der Waals surface area contributed by atoms with Crippen molar-refractivity contribution in [2.24, 2.45) is 0 Å². The number of carboxylic acids is 1. The van der Waals surface area contributed by atoms with Gasteiger partial charge >= 0.3 is 12.1 Å². The van der Waals surface area contributed by atoms with Gasteiger partial charge in [-0.3, -0.25) is 4.98 Å². The molecule has 25 heavy (non-hydrogen) atoms. The molecule has 1 aromatic carbocycles. The molecule has 1 N–H and O–H groups in total. The Labute approximate surface area is 145 Å². The molecule has 2 rings (SSSR count). The summed E-state index contributed by atoms with van der Waals surface area (Å²) in [6.45, 7) is -2.35. The SMILES string of the molecule is CS(=O)(=O)c1c(COCC(F)(F)F)cc(C(=O)O)c2ncc(Cl)cc12. The lowest BCUT2D eigenvalue weighted by Gasteiger charge is -2.15. The summed E-state index contributed by atoms with van der Waals surface area (Å²) in [4.78, 5) is 14.9. The molecule has 2 aromatic rings. The Hall–Kier alpha value is -1.91. The van der Waals surface area contributed by atoms with Crippen molar-refractivity contribution in [3.63, 3.8) is 0 Å². The molecule has 0 aliphatic carbocycles. The molecule has 0 saturated heterocycles. The molecule has 0 bridgehead atoms. The molecule has 6 nitrogen and oxygen atoms in total. The van der Waals surface area contributed by atoms with E-state index in [4.69, 9.17) is 11.6 Å². The van der Waals surface area contributed by atoms with Crippen LogP contribution in [0.3, 0.4) is 0 Å². The van der Waals surface area contributed by atoms with Gasteiger partial charge in [-0.15, -0.1) is 0 Å². The molecule has 0 amide bonds. The van der Waals surface area contributed by atoms with Crippen LogP contribution in [0.5, 0.6) is 0 Å². The van der Waals surface area contributed by atoms with Gasteiger partial charge in [0.15, 0.2) is 9.84 Å². The van der Waals surface area contributed by atoms with Gasteiger partial charge in [-0.25, -0.2) is 13.2 Å². The molecule has 0 aliphatic rings. The number of fused-ring (bicyclic) bond motifs is 1. The Morgan fingerprint density at radius 3 is 2.52 bits per heavy atom. The first-order valence-electron chi connectivity index (χ1n) is 6.59. The molecule has 0 radical (unpaired) electrons. The van der Waals surface area contributed by atoms with Crippen molar-refractivity contribution >= 4 is 38.3 Å². The second kappa shape index (κ2) is 6.77. The fourth-order valence-corrected chi connectivity index (χ4v) is 3.60. The smallest absolute Gasteiger partial charge is 0.411 e. The van der Waals surface area contributed by atoms with Crippen LogP contribution in [0, 0.1) is 0 Å². The summed E-state index contributed by atoms with van der Waals surface area (Å²) in [5, 5.41) is 9.23. The summed E-state index contributed by atoms with van der Waals surface area (Å²) < 4.78 is 65.5. The van der Waals surface area contributed by atoms with Gasteiger partial charge in [0.1, 0.15) is 6.61 Å². The van der Waals surface area contributed by atoms with Crippen LogP contribution in [0.4, 0.5) is 13.2 Å². The van der Waals surface area contributed by atoms with Crippen molar-refractivity contribution in [2.45, 2.75) is 17.7 Å².